The maximum Gasteiger partial charge on any atom is 0.149 e. The normalized spacial score (nSPS) is 10.8. The Morgan fingerprint density at radius 3 is 2.62 bits per heavy atom. The number of pyridine rings is 1. The van der Waals surface area contributed by atoms with Crippen molar-refractivity contribution in [3.63, 3.8) is 0 Å². The van der Waals surface area contributed by atoms with Crippen molar-refractivity contribution in [3.8, 4) is 0 Å². The first-order chi connectivity index (χ1) is 10.1. The maximum absolute atomic E-state index is 14.1. The second-order valence-electron chi connectivity index (χ2n) is 5.11. The molecule has 106 valence electrons. The second-order valence-corrected chi connectivity index (χ2v) is 5.11. The van der Waals surface area contributed by atoms with E-state index < -0.39 is 0 Å². The van der Waals surface area contributed by atoms with Gasteiger partial charge in [0.15, 0.2) is 0 Å². The standard InChI is InChI=1S/C17H16FN3/c1-10-4-3-5-14(15(10)18)21-17-13-7-6-11(2)16(19)12(13)8-9-20-17/h3-9H,19H2,1-2H3,(H,20,21). The topological polar surface area (TPSA) is 50.9 Å². The third-order valence-corrected chi connectivity index (χ3v) is 3.65. The number of hydrogen-bond donors (Lipinski definition) is 2. The summed E-state index contributed by atoms with van der Waals surface area (Å²) in [5.74, 6) is 0.333. The number of halogens is 1. The molecule has 0 atom stereocenters. The second kappa shape index (κ2) is 5.05. The van der Waals surface area contributed by atoms with Crippen LogP contribution in [0.2, 0.25) is 0 Å². The smallest absolute Gasteiger partial charge is 0.149 e. The lowest BCUT2D eigenvalue weighted by Gasteiger charge is -2.12. The van der Waals surface area contributed by atoms with Crippen LogP contribution in [0.3, 0.4) is 0 Å². The Hall–Kier alpha value is -2.62. The molecule has 3 N–H and O–H groups in total. The lowest BCUT2D eigenvalue weighted by Crippen LogP contribution is -2.00. The van der Waals surface area contributed by atoms with Gasteiger partial charge in [-0.05, 0) is 37.1 Å². The largest absolute Gasteiger partial charge is 0.398 e. The quantitative estimate of drug-likeness (QED) is 0.688. The first-order valence-electron chi connectivity index (χ1n) is 6.74. The number of nitrogen functional groups attached to an aromatic ring is 1. The number of aromatic nitrogens is 1. The lowest BCUT2D eigenvalue weighted by atomic mass is 10.1. The Labute approximate surface area is 122 Å². The van der Waals surface area contributed by atoms with E-state index in [4.69, 9.17) is 5.73 Å². The van der Waals surface area contributed by atoms with Crippen molar-refractivity contribution < 1.29 is 4.39 Å². The third-order valence-electron chi connectivity index (χ3n) is 3.65. The van der Waals surface area contributed by atoms with Crippen molar-refractivity contribution >= 4 is 28.0 Å². The molecule has 0 aliphatic carbocycles. The molecule has 0 spiro atoms. The number of nitrogens with two attached hydrogens (primary N) is 1. The Morgan fingerprint density at radius 1 is 1.00 bits per heavy atom. The molecular formula is C17H16FN3. The summed E-state index contributed by atoms with van der Waals surface area (Å²) in [6.45, 7) is 3.70. The molecule has 21 heavy (non-hydrogen) atoms. The van der Waals surface area contributed by atoms with Crippen LogP contribution in [0.1, 0.15) is 11.1 Å². The number of hydrogen-bond acceptors (Lipinski definition) is 3. The Balaban J connectivity index is 2.13. The summed E-state index contributed by atoms with van der Waals surface area (Å²) in [6, 6.07) is 11.0. The molecule has 0 radical (unpaired) electrons. The van der Waals surface area contributed by atoms with E-state index >= 15 is 0 Å². The van der Waals surface area contributed by atoms with E-state index in [9.17, 15) is 4.39 Å². The Bertz CT molecular complexity index is 828. The number of aryl methyl sites for hydroxylation is 2. The zero-order valence-electron chi connectivity index (χ0n) is 11.9. The molecule has 0 bridgehead atoms. The molecule has 0 aliphatic heterocycles. The van der Waals surface area contributed by atoms with Gasteiger partial charge in [0.05, 0.1) is 5.69 Å². The van der Waals surface area contributed by atoms with E-state index in [2.05, 4.69) is 10.3 Å². The number of fused-ring (bicyclic) bond motifs is 1. The highest BCUT2D eigenvalue weighted by atomic mass is 19.1. The van der Waals surface area contributed by atoms with Crippen molar-refractivity contribution in [2.75, 3.05) is 11.1 Å². The minimum atomic E-state index is -0.267. The molecule has 3 rings (SSSR count). The molecule has 4 heteroatoms. The number of nitrogens with zero attached hydrogens (tertiary/aromatic N) is 1. The predicted octanol–water partition coefficient (Wildman–Crippen LogP) is 4.32. The highest BCUT2D eigenvalue weighted by Gasteiger charge is 2.10. The molecule has 0 unspecified atom stereocenters. The average molecular weight is 281 g/mol. The zero-order valence-corrected chi connectivity index (χ0v) is 11.9. The van der Waals surface area contributed by atoms with Gasteiger partial charge in [-0.25, -0.2) is 9.37 Å². The Morgan fingerprint density at radius 2 is 1.81 bits per heavy atom. The van der Waals surface area contributed by atoms with E-state index in [0.717, 1.165) is 22.0 Å². The fourth-order valence-corrected chi connectivity index (χ4v) is 2.36. The average Bonchev–Trinajstić information content (AvgIpc) is 2.48. The van der Waals surface area contributed by atoms with E-state index in [1.165, 1.54) is 0 Å². The van der Waals surface area contributed by atoms with E-state index in [1.54, 1.807) is 25.3 Å². The van der Waals surface area contributed by atoms with Crippen LogP contribution < -0.4 is 11.1 Å². The lowest BCUT2D eigenvalue weighted by molar-refractivity contribution is 0.622. The number of anilines is 3. The van der Waals surface area contributed by atoms with Gasteiger partial charge < -0.3 is 11.1 Å². The fourth-order valence-electron chi connectivity index (χ4n) is 2.36. The molecule has 0 fully saturated rings. The van der Waals surface area contributed by atoms with Gasteiger partial charge in [0.2, 0.25) is 0 Å². The van der Waals surface area contributed by atoms with Gasteiger partial charge in [-0.1, -0.05) is 24.3 Å². The van der Waals surface area contributed by atoms with Crippen molar-refractivity contribution in [3.05, 3.63) is 59.5 Å². The maximum atomic E-state index is 14.1. The first-order valence-corrected chi connectivity index (χ1v) is 6.74. The van der Waals surface area contributed by atoms with Crippen molar-refractivity contribution in [2.45, 2.75) is 13.8 Å². The summed E-state index contributed by atoms with van der Waals surface area (Å²) in [5, 5.41) is 4.85. The monoisotopic (exact) mass is 281 g/mol. The molecule has 1 aromatic heterocycles. The summed E-state index contributed by atoms with van der Waals surface area (Å²) in [5.41, 5.74) is 8.85. The van der Waals surface area contributed by atoms with Crippen LogP contribution in [0.4, 0.5) is 21.6 Å². The van der Waals surface area contributed by atoms with Crippen LogP contribution in [0.15, 0.2) is 42.6 Å². The number of nitrogens with one attached hydrogen (secondary N) is 1. The molecule has 3 aromatic rings. The highest BCUT2D eigenvalue weighted by Crippen LogP contribution is 2.30. The van der Waals surface area contributed by atoms with Gasteiger partial charge >= 0.3 is 0 Å². The molecule has 0 amide bonds. The van der Waals surface area contributed by atoms with E-state index in [-0.39, 0.29) is 5.82 Å². The van der Waals surface area contributed by atoms with Crippen LogP contribution >= 0.6 is 0 Å². The molecule has 0 saturated heterocycles. The molecular weight excluding hydrogens is 265 g/mol. The number of benzene rings is 2. The first kappa shape index (κ1) is 13.4. The van der Waals surface area contributed by atoms with Gasteiger partial charge in [0, 0.05) is 22.7 Å². The van der Waals surface area contributed by atoms with Gasteiger partial charge in [-0.15, -0.1) is 0 Å². The minimum absolute atomic E-state index is 0.267. The van der Waals surface area contributed by atoms with Crippen molar-refractivity contribution in [1.29, 1.82) is 0 Å². The molecule has 0 aliphatic rings. The summed E-state index contributed by atoms with van der Waals surface area (Å²) in [6.07, 6.45) is 1.67. The van der Waals surface area contributed by atoms with E-state index in [0.29, 0.717) is 17.1 Å². The summed E-state index contributed by atoms with van der Waals surface area (Å²) >= 11 is 0. The van der Waals surface area contributed by atoms with Crippen LogP contribution in [-0.2, 0) is 0 Å². The van der Waals surface area contributed by atoms with Crippen molar-refractivity contribution in [2.24, 2.45) is 0 Å². The molecule has 1 heterocycles. The van der Waals surface area contributed by atoms with Gasteiger partial charge in [0.1, 0.15) is 11.6 Å². The Kier molecular flexibility index (Phi) is 3.22. The van der Waals surface area contributed by atoms with Crippen LogP contribution in [0.5, 0.6) is 0 Å². The molecule has 3 nitrogen and oxygen atoms in total. The van der Waals surface area contributed by atoms with Gasteiger partial charge in [-0.2, -0.15) is 0 Å². The van der Waals surface area contributed by atoms with Crippen LogP contribution in [0, 0.1) is 19.7 Å². The summed E-state index contributed by atoms with van der Waals surface area (Å²) < 4.78 is 14.1. The zero-order chi connectivity index (χ0) is 15.0. The molecule has 0 saturated carbocycles. The van der Waals surface area contributed by atoms with E-state index in [1.807, 2.05) is 31.2 Å². The minimum Gasteiger partial charge on any atom is -0.398 e. The fraction of sp³-hybridized carbons (Fsp3) is 0.118. The predicted molar refractivity (Wildman–Crippen MR) is 85.3 cm³/mol. The molecule has 2 aromatic carbocycles. The summed E-state index contributed by atoms with van der Waals surface area (Å²) in [7, 11) is 0. The number of rotatable bonds is 2. The van der Waals surface area contributed by atoms with Gasteiger partial charge in [0.25, 0.3) is 0 Å². The van der Waals surface area contributed by atoms with Crippen LogP contribution in [-0.4, -0.2) is 4.98 Å². The van der Waals surface area contributed by atoms with Crippen LogP contribution in [0.25, 0.3) is 10.8 Å². The highest BCUT2D eigenvalue weighted by molar-refractivity contribution is 6.01. The van der Waals surface area contributed by atoms with Gasteiger partial charge in [-0.3, -0.25) is 0 Å². The SMILES string of the molecule is Cc1cccc(Nc2nccc3c(N)c(C)ccc23)c1F. The summed E-state index contributed by atoms with van der Waals surface area (Å²) in [4.78, 5) is 4.31. The van der Waals surface area contributed by atoms with Crippen molar-refractivity contribution in [1.82, 2.24) is 4.98 Å². The third kappa shape index (κ3) is 2.29.